The largest absolute Gasteiger partial charge is 0.494 e. The van der Waals surface area contributed by atoms with Gasteiger partial charge in [0.25, 0.3) is 0 Å². The molecule has 0 atom stereocenters. The molecule has 44 heavy (non-hydrogen) atoms. The van der Waals surface area contributed by atoms with E-state index in [1.165, 1.54) is 40.9 Å². The van der Waals surface area contributed by atoms with E-state index in [1.54, 1.807) is 0 Å². The summed E-state index contributed by atoms with van der Waals surface area (Å²) in [7, 11) is 0. The molecular weight excluding hydrogens is 550 g/mol. The van der Waals surface area contributed by atoms with Crippen molar-refractivity contribution in [2.24, 2.45) is 0 Å². The van der Waals surface area contributed by atoms with Crippen molar-refractivity contribution in [3.05, 3.63) is 60.3 Å². The molecule has 2 aromatic carbocycles. The van der Waals surface area contributed by atoms with Gasteiger partial charge in [-0.05, 0) is 56.1 Å². The highest BCUT2D eigenvalue weighted by Crippen LogP contribution is 2.37. The van der Waals surface area contributed by atoms with Crippen LogP contribution in [0.3, 0.4) is 0 Å². The molecule has 1 aromatic heterocycles. The number of hydrogen-bond acceptors (Lipinski definition) is 8. The Hall–Kier alpha value is -3.85. The van der Waals surface area contributed by atoms with Crippen molar-refractivity contribution in [1.82, 2.24) is 19.8 Å². The lowest BCUT2D eigenvalue weighted by atomic mass is 10.0. The van der Waals surface area contributed by atoms with E-state index in [4.69, 9.17) is 14.7 Å². The zero-order valence-corrected chi connectivity index (χ0v) is 26.0. The molecule has 0 bridgehead atoms. The summed E-state index contributed by atoms with van der Waals surface area (Å²) in [5, 5.41) is 6.18. The number of nitrogens with zero attached hydrogens (tertiary/aromatic N) is 6. The maximum atomic E-state index is 12.3. The van der Waals surface area contributed by atoms with E-state index < -0.39 is 0 Å². The zero-order chi connectivity index (χ0) is 30.0. The van der Waals surface area contributed by atoms with Crippen molar-refractivity contribution in [1.29, 1.82) is 0 Å². The van der Waals surface area contributed by atoms with Crippen LogP contribution in [0.15, 0.2) is 49.1 Å². The Labute approximate surface area is 260 Å². The maximum Gasteiger partial charge on any atom is 0.246 e. The number of anilines is 3. The molecule has 1 saturated carbocycles. The maximum absolute atomic E-state index is 12.3. The number of benzene rings is 2. The quantitative estimate of drug-likeness (QED) is 0.352. The van der Waals surface area contributed by atoms with Gasteiger partial charge in [-0.1, -0.05) is 37.8 Å². The van der Waals surface area contributed by atoms with Crippen molar-refractivity contribution in [2.75, 3.05) is 67.5 Å². The van der Waals surface area contributed by atoms with E-state index in [1.807, 2.05) is 4.90 Å². The summed E-state index contributed by atoms with van der Waals surface area (Å²) in [6.45, 7) is 13.3. The molecule has 4 aliphatic rings. The van der Waals surface area contributed by atoms with Gasteiger partial charge in [0, 0.05) is 80.6 Å². The molecule has 232 valence electrons. The minimum absolute atomic E-state index is 0.00211. The van der Waals surface area contributed by atoms with Crippen molar-refractivity contribution < 1.29 is 9.53 Å². The van der Waals surface area contributed by atoms with Crippen LogP contribution in [0.5, 0.6) is 5.75 Å². The summed E-state index contributed by atoms with van der Waals surface area (Å²) in [5.41, 5.74) is 3.52. The van der Waals surface area contributed by atoms with Gasteiger partial charge in [0.1, 0.15) is 11.6 Å². The van der Waals surface area contributed by atoms with Gasteiger partial charge in [-0.3, -0.25) is 4.79 Å². The lowest BCUT2D eigenvalue weighted by molar-refractivity contribution is -0.126. The molecule has 9 heteroatoms. The van der Waals surface area contributed by atoms with Gasteiger partial charge < -0.3 is 29.7 Å². The molecule has 2 saturated heterocycles. The molecule has 3 aliphatic heterocycles. The Kier molecular flexibility index (Phi) is 8.30. The van der Waals surface area contributed by atoms with Crippen molar-refractivity contribution in [2.45, 2.75) is 64.1 Å². The fourth-order valence-electron chi connectivity index (χ4n) is 7.07. The first-order valence-electron chi connectivity index (χ1n) is 16.6. The van der Waals surface area contributed by atoms with Crippen LogP contribution in [-0.4, -0.2) is 90.2 Å². The Balaban J connectivity index is 1.18. The summed E-state index contributed by atoms with van der Waals surface area (Å²) in [5.74, 6) is 2.69. The van der Waals surface area contributed by atoms with Crippen LogP contribution in [-0.2, 0) is 17.8 Å². The molecule has 7 rings (SSSR count). The number of rotatable bonds is 9. The number of ether oxygens (including phenoxy) is 1. The van der Waals surface area contributed by atoms with Crippen LogP contribution in [0.25, 0.3) is 10.8 Å². The third-order valence-corrected chi connectivity index (χ3v) is 9.66. The number of carbonyl (C=O) groups is 1. The highest BCUT2D eigenvalue weighted by atomic mass is 16.5. The van der Waals surface area contributed by atoms with Gasteiger partial charge in [-0.25, -0.2) is 4.98 Å². The predicted molar refractivity (Wildman–Crippen MR) is 177 cm³/mol. The van der Waals surface area contributed by atoms with Crippen LogP contribution < -0.4 is 19.9 Å². The van der Waals surface area contributed by atoms with Crippen LogP contribution >= 0.6 is 0 Å². The first kappa shape index (κ1) is 28.9. The first-order valence-corrected chi connectivity index (χ1v) is 16.6. The third-order valence-electron chi connectivity index (χ3n) is 9.66. The van der Waals surface area contributed by atoms with Crippen molar-refractivity contribution in [3.8, 4) is 5.75 Å². The summed E-state index contributed by atoms with van der Waals surface area (Å²) in [4.78, 5) is 32.0. The Bertz CT molecular complexity index is 1510. The summed E-state index contributed by atoms with van der Waals surface area (Å²) >= 11 is 0. The molecule has 1 amide bonds. The average molecular weight is 596 g/mol. The predicted octanol–water partition coefficient (Wildman–Crippen LogP) is 4.85. The number of piperidine rings is 1. The van der Waals surface area contributed by atoms with E-state index in [2.05, 4.69) is 69.9 Å². The number of aromatic nitrogens is 2. The second kappa shape index (κ2) is 12.6. The third kappa shape index (κ3) is 6.07. The number of likely N-dealkylation sites (tertiary alicyclic amines) is 1. The molecule has 0 unspecified atom stereocenters. The molecule has 9 nitrogen and oxygen atoms in total. The lowest BCUT2D eigenvalue weighted by Crippen LogP contribution is -2.49. The number of nitrogens with one attached hydrogen (secondary N) is 1. The van der Waals surface area contributed by atoms with Gasteiger partial charge in [-0.2, -0.15) is 4.98 Å². The Morgan fingerprint density at radius 1 is 1.00 bits per heavy atom. The Morgan fingerprint density at radius 3 is 2.55 bits per heavy atom. The average Bonchev–Trinajstić information content (AvgIpc) is 3.92. The Morgan fingerprint density at radius 2 is 1.80 bits per heavy atom. The van der Waals surface area contributed by atoms with E-state index in [0.29, 0.717) is 25.7 Å². The molecule has 3 aromatic rings. The van der Waals surface area contributed by atoms with E-state index >= 15 is 0 Å². The first-order chi connectivity index (χ1) is 21.6. The number of amides is 1. The highest BCUT2D eigenvalue weighted by molar-refractivity contribution is 5.96. The van der Waals surface area contributed by atoms with Gasteiger partial charge in [0.05, 0.1) is 18.8 Å². The van der Waals surface area contributed by atoms with Crippen LogP contribution in [0.1, 0.15) is 50.3 Å². The van der Waals surface area contributed by atoms with Gasteiger partial charge >= 0.3 is 0 Å². The molecular formula is C35H45N7O2. The summed E-state index contributed by atoms with van der Waals surface area (Å²) < 4.78 is 6.12. The summed E-state index contributed by atoms with van der Waals surface area (Å²) in [6, 6.07) is 14.1. The number of fused-ring (bicyclic) bond motifs is 2. The number of piperazine rings is 1. The molecule has 4 heterocycles. The van der Waals surface area contributed by atoms with Gasteiger partial charge in [0.15, 0.2) is 0 Å². The normalized spacial score (nSPS) is 19.6. The second-order valence-electron chi connectivity index (χ2n) is 12.7. The van der Waals surface area contributed by atoms with E-state index in [9.17, 15) is 4.79 Å². The van der Waals surface area contributed by atoms with Crippen LogP contribution in [0.2, 0.25) is 0 Å². The molecule has 0 radical (unpaired) electrons. The van der Waals surface area contributed by atoms with E-state index in [0.717, 1.165) is 94.2 Å². The lowest BCUT2D eigenvalue weighted by Gasteiger charge is -2.38. The zero-order valence-electron chi connectivity index (χ0n) is 26.0. The molecule has 3 fully saturated rings. The molecule has 0 spiro atoms. The highest BCUT2D eigenvalue weighted by Gasteiger charge is 2.33. The fourth-order valence-corrected chi connectivity index (χ4v) is 7.07. The van der Waals surface area contributed by atoms with Crippen LogP contribution in [0.4, 0.5) is 17.5 Å². The number of hydrogen-bond donors (Lipinski definition) is 1. The van der Waals surface area contributed by atoms with E-state index in [-0.39, 0.29) is 5.91 Å². The van der Waals surface area contributed by atoms with Crippen molar-refractivity contribution in [3.63, 3.8) is 0 Å². The second-order valence-corrected chi connectivity index (χ2v) is 12.7. The minimum atomic E-state index is 0.00211. The monoisotopic (exact) mass is 595 g/mol. The standard InChI is InChI=1S/C35H45N7O2/c1-3-21-44-28-22-25-7-5-6-8-29(25)32(23-28)42-16-13-30-31(24-42)37-35(36-26-11-14-39(15-12-26)27-9-10-27)38-34(30)41-19-17-40(18-20-41)33(43)4-2/h4-8,22-23,26-27H,2-3,9-21,24H2,1H3,(H,36,37,38). The summed E-state index contributed by atoms with van der Waals surface area (Å²) in [6.07, 6.45) is 8.23. The molecule has 1 N–H and O–H groups in total. The minimum Gasteiger partial charge on any atom is -0.494 e. The van der Waals surface area contributed by atoms with Crippen LogP contribution in [0, 0.1) is 0 Å². The topological polar surface area (TPSA) is 77.1 Å². The van der Waals surface area contributed by atoms with Gasteiger partial charge in [0.2, 0.25) is 11.9 Å². The van der Waals surface area contributed by atoms with Gasteiger partial charge in [-0.15, -0.1) is 0 Å². The SMILES string of the molecule is C=CC(=O)N1CCN(c2nc(NC3CCN(C4CC4)CC3)nc3c2CCN(c2cc(OCCC)cc4ccccc24)C3)CC1. The number of carbonyl (C=O) groups excluding carboxylic acids is 1. The molecule has 1 aliphatic carbocycles. The fraction of sp³-hybridized carbons (Fsp3) is 0.514. The smallest absolute Gasteiger partial charge is 0.246 e. The van der Waals surface area contributed by atoms with Crippen molar-refractivity contribution >= 4 is 34.1 Å².